The number of anilines is 1. The Morgan fingerprint density at radius 2 is 2.10 bits per heavy atom. The minimum atomic E-state index is -0.232. The molecule has 0 bridgehead atoms. The molecule has 2 fully saturated rings. The molecule has 1 aromatic carbocycles. The molecule has 1 unspecified atom stereocenters. The Morgan fingerprint density at radius 1 is 1.20 bits per heavy atom. The molecule has 0 aliphatic carbocycles. The van der Waals surface area contributed by atoms with E-state index in [0.717, 1.165) is 55.9 Å². The van der Waals surface area contributed by atoms with E-state index in [1.54, 1.807) is 6.07 Å². The van der Waals surface area contributed by atoms with Gasteiger partial charge in [0.25, 0.3) is 0 Å². The number of halogens is 1. The summed E-state index contributed by atoms with van der Waals surface area (Å²) in [5.74, 6) is 0.719. The molecule has 4 heteroatoms. The van der Waals surface area contributed by atoms with Gasteiger partial charge in [-0.3, -0.25) is 0 Å². The van der Waals surface area contributed by atoms with Gasteiger partial charge in [-0.15, -0.1) is 0 Å². The highest BCUT2D eigenvalue weighted by molar-refractivity contribution is 5.80. The SMILES string of the molecule is Fc1ccc2ccc(N3CCC4(CCOC4)C3)nc2c1. The minimum absolute atomic E-state index is 0.232. The van der Waals surface area contributed by atoms with Crippen LogP contribution in [0.25, 0.3) is 10.9 Å². The number of hydrogen-bond donors (Lipinski definition) is 0. The molecule has 0 saturated carbocycles. The summed E-state index contributed by atoms with van der Waals surface area (Å²) in [6.07, 6.45) is 2.31. The van der Waals surface area contributed by atoms with Gasteiger partial charge >= 0.3 is 0 Å². The number of aromatic nitrogens is 1. The minimum Gasteiger partial charge on any atom is -0.381 e. The molecule has 2 aromatic rings. The third kappa shape index (κ3) is 1.95. The molecule has 0 amide bonds. The highest BCUT2D eigenvalue weighted by atomic mass is 19.1. The van der Waals surface area contributed by atoms with Crippen molar-refractivity contribution >= 4 is 16.7 Å². The first-order valence-corrected chi connectivity index (χ1v) is 7.13. The largest absolute Gasteiger partial charge is 0.381 e. The highest BCUT2D eigenvalue weighted by Gasteiger charge is 2.41. The predicted molar refractivity (Wildman–Crippen MR) is 76.4 cm³/mol. The van der Waals surface area contributed by atoms with Gasteiger partial charge in [0.1, 0.15) is 11.6 Å². The number of rotatable bonds is 1. The van der Waals surface area contributed by atoms with Gasteiger partial charge in [0, 0.05) is 36.6 Å². The summed E-state index contributed by atoms with van der Waals surface area (Å²) in [5, 5.41) is 0.980. The number of nitrogens with zero attached hydrogens (tertiary/aromatic N) is 2. The molecule has 1 atom stereocenters. The maximum atomic E-state index is 13.3. The van der Waals surface area contributed by atoms with Gasteiger partial charge in [0.15, 0.2) is 0 Å². The lowest BCUT2D eigenvalue weighted by atomic mass is 9.87. The molecule has 0 radical (unpaired) electrons. The van der Waals surface area contributed by atoms with E-state index in [2.05, 4.69) is 9.88 Å². The average Bonchev–Trinajstić information content (AvgIpc) is 3.09. The van der Waals surface area contributed by atoms with Crippen LogP contribution in [0.2, 0.25) is 0 Å². The lowest BCUT2D eigenvalue weighted by molar-refractivity contribution is 0.160. The third-order valence-corrected chi connectivity index (χ3v) is 4.59. The van der Waals surface area contributed by atoms with Gasteiger partial charge in [0.2, 0.25) is 0 Å². The third-order valence-electron chi connectivity index (χ3n) is 4.59. The van der Waals surface area contributed by atoms with Crippen molar-refractivity contribution < 1.29 is 9.13 Å². The van der Waals surface area contributed by atoms with Gasteiger partial charge in [-0.2, -0.15) is 0 Å². The molecule has 1 aromatic heterocycles. The van der Waals surface area contributed by atoms with Crippen LogP contribution in [-0.4, -0.2) is 31.3 Å². The van der Waals surface area contributed by atoms with E-state index in [-0.39, 0.29) is 5.82 Å². The van der Waals surface area contributed by atoms with Crippen LogP contribution in [0.4, 0.5) is 10.2 Å². The summed E-state index contributed by atoms with van der Waals surface area (Å²) in [6, 6.07) is 8.81. The summed E-state index contributed by atoms with van der Waals surface area (Å²) in [5.41, 5.74) is 1.05. The number of fused-ring (bicyclic) bond motifs is 1. The van der Waals surface area contributed by atoms with Crippen LogP contribution in [0, 0.1) is 11.2 Å². The number of benzene rings is 1. The van der Waals surface area contributed by atoms with Crippen molar-refractivity contribution in [3.8, 4) is 0 Å². The summed E-state index contributed by atoms with van der Waals surface area (Å²) in [6.45, 7) is 3.76. The van der Waals surface area contributed by atoms with Crippen molar-refractivity contribution in [1.82, 2.24) is 4.98 Å². The van der Waals surface area contributed by atoms with Crippen molar-refractivity contribution in [2.24, 2.45) is 5.41 Å². The van der Waals surface area contributed by atoms with Crippen LogP contribution < -0.4 is 4.90 Å². The normalized spacial score (nSPS) is 25.9. The summed E-state index contributed by atoms with van der Waals surface area (Å²) in [7, 11) is 0. The first-order chi connectivity index (χ1) is 9.74. The molecule has 2 aliphatic rings. The van der Waals surface area contributed by atoms with E-state index in [1.807, 2.05) is 12.1 Å². The molecule has 4 rings (SSSR count). The molecule has 3 nitrogen and oxygen atoms in total. The molecular formula is C16H17FN2O. The monoisotopic (exact) mass is 272 g/mol. The second-order valence-electron chi connectivity index (χ2n) is 5.98. The van der Waals surface area contributed by atoms with Crippen LogP contribution in [0.1, 0.15) is 12.8 Å². The average molecular weight is 272 g/mol. The lowest BCUT2D eigenvalue weighted by Crippen LogP contribution is -2.27. The fourth-order valence-electron chi connectivity index (χ4n) is 3.36. The van der Waals surface area contributed by atoms with Crippen LogP contribution in [-0.2, 0) is 4.74 Å². The van der Waals surface area contributed by atoms with Crippen molar-refractivity contribution in [1.29, 1.82) is 0 Å². The van der Waals surface area contributed by atoms with Crippen molar-refractivity contribution in [3.05, 3.63) is 36.1 Å². The van der Waals surface area contributed by atoms with E-state index < -0.39 is 0 Å². The topological polar surface area (TPSA) is 25.4 Å². The molecule has 3 heterocycles. The first kappa shape index (κ1) is 12.1. The van der Waals surface area contributed by atoms with Crippen LogP contribution >= 0.6 is 0 Å². The molecular weight excluding hydrogens is 255 g/mol. The summed E-state index contributed by atoms with van der Waals surface area (Å²) in [4.78, 5) is 6.92. The van der Waals surface area contributed by atoms with E-state index in [0.29, 0.717) is 5.41 Å². The molecule has 1 spiro atoms. The lowest BCUT2D eigenvalue weighted by Gasteiger charge is -2.22. The number of ether oxygens (including phenoxy) is 1. The van der Waals surface area contributed by atoms with Gasteiger partial charge in [0.05, 0.1) is 12.1 Å². The van der Waals surface area contributed by atoms with Crippen molar-refractivity contribution in [3.63, 3.8) is 0 Å². The highest BCUT2D eigenvalue weighted by Crippen LogP contribution is 2.39. The smallest absolute Gasteiger partial charge is 0.129 e. The Bertz CT molecular complexity index is 652. The second kappa shape index (κ2) is 4.42. The zero-order chi connectivity index (χ0) is 13.6. The Labute approximate surface area is 117 Å². The molecule has 2 saturated heterocycles. The van der Waals surface area contributed by atoms with E-state index in [1.165, 1.54) is 12.1 Å². The Hall–Kier alpha value is -1.68. The predicted octanol–water partition coefficient (Wildman–Crippen LogP) is 2.99. The quantitative estimate of drug-likeness (QED) is 0.798. The first-order valence-electron chi connectivity index (χ1n) is 7.13. The standard InChI is InChI=1S/C16H17FN2O/c17-13-3-1-12-2-4-15(18-14(12)9-13)19-7-5-16(10-19)6-8-20-11-16/h1-4,9H,5-8,10-11H2. The van der Waals surface area contributed by atoms with Gasteiger partial charge in [-0.1, -0.05) is 0 Å². The number of pyridine rings is 1. The Kier molecular flexibility index (Phi) is 2.67. The Morgan fingerprint density at radius 3 is 2.95 bits per heavy atom. The van der Waals surface area contributed by atoms with E-state index in [4.69, 9.17) is 4.74 Å². The van der Waals surface area contributed by atoms with E-state index in [9.17, 15) is 4.39 Å². The zero-order valence-electron chi connectivity index (χ0n) is 11.3. The maximum Gasteiger partial charge on any atom is 0.129 e. The fourth-order valence-corrected chi connectivity index (χ4v) is 3.36. The number of hydrogen-bond acceptors (Lipinski definition) is 3. The molecule has 0 N–H and O–H groups in total. The zero-order valence-corrected chi connectivity index (χ0v) is 11.3. The second-order valence-corrected chi connectivity index (χ2v) is 5.98. The van der Waals surface area contributed by atoms with Crippen LogP contribution in [0.3, 0.4) is 0 Å². The fraction of sp³-hybridized carbons (Fsp3) is 0.438. The molecule has 2 aliphatic heterocycles. The van der Waals surface area contributed by atoms with Crippen molar-refractivity contribution in [2.75, 3.05) is 31.2 Å². The summed E-state index contributed by atoms with van der Waals surface area (Å²) >= 11 is 0. The van der Waals surface area contributed by atoms with Crippen LogP contribution in [0.5, 0.6) is 0 Å². The Balaban J connectivity index is 1.65. The van der Waals surface area contributed by atoms with Crippen LogP contribution in [0.15, 0.2) is 30.3 Å². The van der Waals surface area contributed by atoms with Gasteiger partial charge < -0.3 is 9.64 Å². The maximum absolute atomic E-state index is 13.3. The van der Waals surface area contributed by atoms with E-state index >= 15 is 0 Å². The molecule has 20 heavy (non-hydrogen) atoms. The van der Waals surface area contributed by atoms with Gasteiger partial charge in [-0.05, 0) is 37.1 Å². The van der Waals surface area contributed by atoms with Gasteiger partial charge in [-0.25, -0.2) is 9.37 Å². The van der Waals surface area contributed by atoms with Crippen molar-refractivity contribution in [2.45, 2.75) is 12.8 Å². The summed E-state index contributed by atoms with van der Waals surface area (Å²) < 4.78 is 18.9. The molecule has 104 valence electrons.